The van der Waals surface area contributed by atoms with Gasteiger partial charge in [-0.3, -0.25) is 9.59 Å². The van der Waals surface area contributed by atoms with Crippen LogP contribution in [-0.4, -0.2) is 41.4 Å². The number of ketones is 1. The molecule has 2 heterocycles. The van der Waals surface area contributed by atoms with Crippen LogP contribution in [0.3, 0.4) is 0 Å². The quantitative estimate of drug-likeness (QED) is 0.605. The van der Waals surface area contributed by atoms with Crippen LogP contribution in [0.1, 0.15) is 67.4 Å². The lowest BCUT2D eigenvalue weighted by molar-refractivity contribution is -0.141. The number of benzene rings is 2. The summed E-state index contributed by atoms with van der Waals surface area (Å²) in [5, 5.41) is 0.544. The monoisotopic (exact) mass is 455 g/mol. The molecule has 2 aliphatic heterocycles. The Balaban J connectivity index is 1.42. The summed E-state index contributed by atoms with van der Waals surface area (Å²) in [6, 6.07) is 11.4. The van der Waals surface area contributed by atoms with Gasteiger partial charge in [-0.05, 0) is 49.1 Å². The Hall–Kier alpha value is -2.53. The predicted molar refractivity (Wildman–Crippen MR) is 125 cm³/mol. The van der Waals surface area contributed by atoms with Crippen LogP contribution >= 0.6 is 11.6 Å². The van der Waals surface area contributed by atoms with Crippen molar-refractivity contribution in [3.8, 4) is 11.5 Å². The van der Waals surface area contributed by atoms with Gasteiger partial charge >= 0.3 is 0 Å². The highest BCUT2D eigenvalue weighted by atomic mass is 35.5. The summed E-state index contributed by atoms with van der Waals surface area (Å²) in [5.74, 6) is 1.71. The van der Waals surface area contributed by atoms with Crippen molar-refractivity contribution in [1.82, 2.24) is 4.90 Å². The molecule has 0 N–H and O–H groups in total. The van der Waals surface area contributed by atoms with E-state index in [0.717, 1.165) is 16.9 Å². The number of carbonyl (C=O) groups excluding carboxylic acids is 2. The predicted octanol–water partition coefficient (Wildman–Crippen LogP) is 5.57. The smallest absolute Gasteiger partial charge is 0.263 e. The molecule has 1 saturated heterocycles. The van der Waals surface area contributed by atoms with Crippen molar-refractivity contribution < 1.29 is 19.1 Å². The summed E-state index contributed by atoms with van der Waals surface area (Å²) >= 11 is 6.13. The van der Waals surface area contributed by atoms with E-state index < -0.39 is 11.7 Å². The number of fused-ring (bicyclic) bond motifs is 1. The maximum atomic E-state index is 13.1. The molecule has 0 saturated carbocycles. The molecule has 4 rings (SSSR count). The Kier molecular flexibility index (Phi) is 6.22. The fourth-order valence-corrected chi connectivity index (χ4v) is 4.96. The van der Waals surface area contributed by atoms with Gasteiger partial charge in [0.25, 0.3) is 5.91 Å². The molecule has 1 atom stereocenters. The minimum Gasteiger partial charge on any atom is -0.486 e. The van der Waals surface area contributed by atoms with Crippen LogP contribution in [0, 0.1) is 6.92 Å². The van der Waals surface area contributed by atoms with Crippen LogP contribution < -0.4 is 9.47 Å². The third-order valence-corrected chi connectivity index (χ3v) is 6.74. The van der Waals surface area contributed by atoms with Crippen molar-refractivity contribution in [3.05, 3.63) is 58.1 Å². The second-order valence-electron chi connectivity index (χ2n) is 9.26. The number of ether oxygens (including phenoxy) is 2. The van der Waals surface area contributed by atoms with Crippen molar-refractivity contribution in [2.75, 3.05) is 13.1 Å². The number of rotatable bonds is 4. The minimum absolute atomic E-state index is 0.0380. The van der Waals surface area contributed by atoms with Gasteiger partial charge in [-0.1, -0.05) is 43.6 Å². The molecule has 32 heavy (non-hydrogen) atoms. The molecule has 0 radical (unpaired) electrons. The van der Waals surface area contributed by atoms with Crippen molar-refractivity contribution in [1.29, 1.82) is 0 Å². The Morgan fingerprint density at radius 1 is 1.16 bits per heavy atom. The van der Waals surface area contributed by atoms with E-state index >= 15 is 0 Å². The summed E-state index contributed by atoms with van der Waals surface area (Å²) in [6.07, 6.45) is 0.959. The van der Waals surface area contributed by atoms with Crippen molar-refractivity contribution >= 4 is 23.3 Å². The molecule has 6 heteroatoms. The number of likely N-dealkylation sites (tertiary alicyclic amines) is 1. The van der Waals surface area contributed by atoms with Gasteiger partial charge in [-0.25, -0.2) is 0 Å². The summed E-state index contributed by atoms with van der Waals surface area (Å²) < 4.78 is 12.5. The number of para-hydroxylation sites is 1. The lowest BCUT2D eigenvalue weighted by atomic mass is 9.82. The second-order valence-corrected chi connectivity index (χ2v) is 9.70. The standard InChI is InChI=1S/C26H30ClNO4/c1-16(2)20-7-5-6-8-23(20)31-18(4)25(30)28-11-9-26(10-12-28)15-22(29)21-14-19(27)13-17(3)24(21)32-26/h5-8,13-14,16,18H,9-12,15H2,1-4H3. The summed E-state index contributed by atoms with van der Waals surface area (Å²) in [6.45, 7) is 8.99. The first-order valence-electron chi connectivity index (χ1n) is 11.3. The normalized spacial score (nSPS) is 18.3. The zero-order chi connectivity index (χ0) is 23.0. The Bertz CT molecular complexity index is 1040. The van der Waals surface area contributed by atoms with Gasteiger partial charge in [0.2, 0.25) is 0 Å². The average molecular weight is 456 g/mol. The first-order valence-corrected chi connectivity index (χ1v) is 11.6. The number of amides is 1. The van der Waals surface area contributed by atoms with E-state index in [1.807, 2.05) is 42.2 Å². The molecule has 0 aliphatic carbocycles. The van der Waals surface area contributed by atoms with Gasteiger partial charge in [0.05, 0.1) is 12.0 Å². The maximum absolute atomic E-state index is 13.1. The number of Topliss-reactive ketones (excluding diaryl/α,β-unsaturated/α-hetero) is 1. The van der Waals surface area contributed by atoms with E-state index in [-0.39, 0.29) is 11.7 Å². The molecular formula is C26H30ClNO4. The fraction of sp³-hybridized carbons (Fsp3) is 0.462. The Morgan fingerprint density at radius 2 is 1.84 bits per heavy atom. The molecular weight excluding hydrogens is 426 g/mol. The molecule has 0 bridgehead atoms. The van der Waals surface area contributed by atoms with Crippen LogP contribution in [-0.2, 0) is 4.79 Å². The van der Waals surface area contributed by atoms with E-state index in [1.165, 1.54) is 0 Å². The van der Waals surface area contributed by atoms with Crippen LogP contribution in [0.2, 0.25) is 5.02 Å². The van der Waals surface area contributed by atoms with Crippen molar-refractivity contribution in [2.24, 2.45) is 0 Å². The highest BCUT2D eigenvalue weighted by Gasteiger charge is 2.44. The highest BCUT2D eigenvalue weighted by molar-refractivity contribution is 6.31. The van der Waals surface area contributed by atoms with Crippen molar-refractivity contribution in [2.45, 2.75) is 64.6 Å². The molecule has 1 spiro atoms. The summed E-state index contributed by atoms with van der Waals surface area (Å²) in [4.78, 5) is 27.8. The molecule has 5 nitrogen and oxygen atoms in total. The Morgan fingerprint density at radius 3 is 2.53 bits per heavy atom. The highest BCUT2D eigenvalue weighted by Crippen LogP contribution is 2.42. The van der Waals surface area contributed by atoms with Gasteiger partial charge in [-0.2, -0.15) is 0 Å². The van der Waals surface area contributed by atoms with Gasteiger partial charge in [0, 0.05) is 31.0 Å². The number of hydrogen-bond donors (Lipinski definition) is 0. The first kappa shape index (κ1) is 22.7. The third kappa shape index (κ3) is 4.36. The van der Waals surface area contributed by atoms with Crippen LogP contribution in [0.4, 0.5) is 0 Å². The van der Waals surface area contributed by atoms with Crippen LogP contribution in [0.5, 0.6) is 11.5 Å². The summed E-state index contributed by atoms with van der Waals surface area (Å²) in [7, 11) is 0. The molecule has 2 aromatic rings. The molecule has 1 amide bonds. The van der Waals surface area contributed by atoms with E-state index in [1.54, 1.807) is 13.0 Å². The zero-order valence-electron chi connectivity index (χ0n) is 19.1. The van der Waals surface area contributed by atoms with E-state index in [2.05, 4.69) is 13.8 Å². The minimum atomic E-state index is -0.581. The van der Waals surface area contributed by atoms with E-state index in [9.17, 15) is 9.59 Å². The lowest BCUT2D eigenvalue weighted by Crippen LogP contribution is -2.54. The SMILES string of the molecule is Cc1cc(Cl)cc2c1OC1(CCN(C(=O)C(C)Oc3ccccc3C(C)C)CC1)CC2=O. The van der Waals surface area contributed by atoms with Gasteiger partial charge in [0.1, 0.15) is 17.1 Å². The van der Waals surface area contributed by atoms with Crippen molar-refractivity contribution in [3.63, 3.8) is 0 Å². The third-order valence-electron chi connectivity index (χ3n) is 6.52. The topological polar surface area (TPSA) is 55.8 Å². The van der Waals surface area contributed by atoms with E-state index in [4.69, 9.17) is 21.1 Å². The largest absolute Gasteiger partial charge is 0.486 e. The van der Waals surface area contributed by atoms with Crippen LogP contribution in [0.25, 0.3) is 0 Å². The molecule has 2 aromatic carbocycles. The van der Waals surface area contributed by atoms with Gasteiger partial charge in [-0.15, -0.1) is 0 Å². The number of carbonyl (C=O) groups is 2. The lowest BCUT2D eigenvalue weighted by Gasteiger charge is -2.44. The Labute approximate surface area is 194 Å². The van der Waals surface area contributed by atoms with Gasteiger partial charge in [0.15, 0.2) is 11.9 Å². The molecule has 170 valence electrons. The average Bonchev–Trinajstić information content (AvgIpc) is 2.75. The fourth-order valence-electron chi connectivity index (χ4n) is 4.69. The zero-order valence-corrected chi connectivity index (χ0v) is 19.9. The number of nitrogens with zero attached hydrogens (tertiary/aromatic N) is 1. The van der Waals surface area contributed by atoms with Crippen LogP contribution in [0.15, 0.2) is 36.4 Å². The number of halogens is 1. The molecule has 1 fully saturated rings. The number of aryl methyl sites for hydroxylation is 1. The second kappa shape index (κ2) is 8.78. The molecule has 0 aromatic heterocycles. The molecule has 1 unspecified atom stereocenters. The molecule has 2 aliphatic rings. The summed E-state index contributed by atoms with van der Waals surface area (Å²) in [5.41, 5.74) is 1.95. The maximum Gasteiger partial charge on any atom is 0.263 e. The number of hydrogen-bond acceptors (Lipinski definition) is 4. The van der Waals surface area contributed by atoms with E-state index in [0.29, 0.717) is 54.6 Å². The van der Waals surface area contributed by atoms with Gasteiger partial charge < -0.3 is 14.4 Å². The first-order chi connectivity index (χ1) is 15.2. The number of piperidine rings is 1.